The molecule has 1 aliphatic heterocycles. The second kappa shape index (κ2) is 8.30. The molecule has 30 heavy (non-hydrogen) atoms. The normalized spacial score (nSPS) is 19.1. The molecule has 0 saturated carbocycles. The van der Waals surface area contributed by atoms with E-state index in [0.717, 1.165) is 42.1 Å². The van der Waals surface area contributed by atoms with Gasteiger partial charge in [0, 0.05) is 37.8 Å². The fraction of sp³-hybridized carbons (Fsp3) is 0.455. The first kappa shape index (κ1) is 20.1. The molecule has 1 N–H and O–H groups in total. The van der Waals surface area contributed by atoms with Crippen molar-refractivity contribution in [1.82, 2.24) is 20.0 Å². The van der Waals surface area contributed by atoms with Crippen molar-refractivity contribution in [1.29, 1.82) is 0 Å². The van der Waals surface area contributed by atoms with Gasteiger partial charge in [-0.2, -0.15) is 5.10 Å². The van der Waals surface area contributed by atoms with E-state index in [1.54, 1.807) is 22.9 Å². The van der Waals surface area contributed by atoms with Crippen molar-refractivity contribution in [2.24, 2.45) is 18.9 Å². The lowest BCUT2D eigenvalue weighted by molar-refractivity contribution is 0.102. The van der Waals surface area contributed by atoms with Gasteiger partial charge in [-0.1, -0.05) is 13.8 Å². The Labute approximate surface area is 176 Å². The Morgan fingerprint density at radius 2 is 2.07 bits per heavy atom. The molecule has 0 spiro atoms. The number of benzene rings is 1. The zero-order valence-electron chi connectivity index (χ0n) is 17.9. The molecule has 3 heterocycles. The van der Waals surface area contributed by atoms with Gasteiger partial charge >= 0.3 is 0 Å². The van der Waals surface area contributed by atoms with Crippen molar-refractivity contribution in [2.75, 3.05) is 29.9 Å². The predicted octanol–water partition coefficient (Wildman–Crippen LogP) is 3.50. The third-order valence-corrected chi connectivity index (χ3v) is 5.81. The monoisotopic (exact) mass is 408 g/mol. The summed E-state index contributed by atoms with van der Waals surface area (Å²) in [5.74, 6) is 2.83. The number of fused-ring (bicyclic) bond motifs is 1. The summed E-state index contributed by atoms with van der Waals surface area (Å²) in [7, 11) is 1.85. The summed E-state index contributed by atoms with van der Waals surface area (Å²) < 4.78 is 7.39. The number of anilines is 2. The SMILES string of the molecule is CCOc1cc2nn(C)cc2cc1C(=O)Nc1ccc(N2CCC(C)C(C)C2)nn1. The molecule has 2 unspecified atom stereocenters. The molecular formula is C22H28N6O2. The van der Waals surface area contributed by atoms with E-state index in [1.165, 1.54) is 0 Å². The third-order valence-electron chi connectivity index (χ3n) is 5.81. The summed E-state index contributed by atoms with van der Waals surface area (Å²) in [6, 6.07) is 7.30. The van der Waals surface area contributed by atoms with Gasteiger partial charge in [-0.3, -0.25) is 9.48 Å². The van der Waals surface area contributed by atoms with Crippen molar-refractivity contribution in [2.45, 2.75) is 27.2 Å². The Balaban J connectivity index is 1.51. The first-order chi connectivity index (χ1) is 14.4. The number of hydrogen-bond donors (Lipinski definition) is 1. The van der Waals surface area contributed by atoms with Crippen LogP contribution in [0.15, 0.2) is 30.5 Å². The molecule has 1 aliphatic rings. The number of ether oxygens (including phenoxy) is 1. The highest BCUT2D eigenvalue weighted by Crippen LogP contribution is 2.27. The van der Waals surface area contributed by atoms with E-state index in [4.69, 9.17) is 4.74 Å². The van der Waals surface area contributed by atoms with Gasteiger partial charge in [-0.15, -0.1) is 10.2 Å². The molecular weight excluding hydrogens is 380 g/mol. The van der Waals surface area contributed by atoms with E-state index in [9.17, 15) is 4.79 Å². The number of piperidine rings is 1. The number of amides is 1. The van der Waals surface area contributed by atoms with Crippen LogP contribution in [0.5, 0.6) is 5.75 Å². The van der Waals surface area contributed by atoms with Crippen LogP contribution in [0.25, 0.3) is 10.9 Å². The number of nitrogens with one attached hydrogen (secondary N) is 1. The average Bonchev–Trinajstić information content (AvgIpc) is 3.09. The standard InChI is InChI=1S/C22H28N6O2/c1-5-30-19-11-18-16(13-27(4)26-18)10-17(19)22(29)23-20-6-7-21(25-24-20)28-9-8-14(2)15(3)12-28/h6-7,10-11,13-15H,5,8-9,12H2,1-4H3,(H,23,24,29). The van der Waals surface area contributed by atoms with Crippen LogP contribution in [-0.2, 0) is 7.05 Å². The number of hydrogen-bond acceptors (Lipinski definition) is 6. The highest BCUT2D eigenvalue weighted by atomic mass is 16.5. The van der Waals surface area contributed by atoms with Crippen molar-refractivity contribution in [3.8, 4) is 5.75 Å². The van der Waals surface area contributed by atoms with E-state index in [0.29, 0.717) is 29.7 Å². The lowest BCUT2D eigenvalue weighted by Crippen LogP contribution is -2.39. The number of nitrogens with zero attached hydrogens (tertiary/aromatic N) is 5. The van der Waals surface area contributed by atoms with Crippen LogP contribution >= 0.6 is 0 Å². The Hall–Kier alpha value is -3.16. The number of carbonyl (C=O) groups is 1. The van der Waals surface area contributed by atoms with Crippen molar-refractivity contribution in [3.05, 3.63) is 36.0 Å². The molecule has 8 heteroatoms. The Morgan fingerprint density at radius 1 is 1.23 bits per heavy atom. The predicted molar refractivity (Wildman–Crippen MR) is 117 cm³/mol. The van der Waals surface area contributed by atoms with Gasteiger partial charge in [0.15, 0.2) is 11.6 Å². The van der Waals surface area contributed by atoms with Crippen molar-refractivity contribution < 1.29 is 9.53 Å². The van der Waals surface area contributed by atoms with Gasteiger partial charge in [0.25, 0.3) is 5.91 Å². The third kappa shape index (κ3) is 4.08. The van der Waals surface area contributed by atoms with Gasteiger partial charge in [0.05, 0.1) is 17.7 Å². The lowest BCUT2D eigenvalue weighted by atomic mass is 9.89. The maximum absolute atomic E-state index is 12.9. The molecule has 4 rings (SSSR count). The molecule has 1 fully saturated rings. The van der Waals surface area contributed by atoms with E-state index in [1.807, 2.05) is 26.2 Å². The van der Waals surface area contributed by atoms with Crippen LogP contribution in [-0.4, -0.2) is 45.6 Å². The molecule has 2 atom stereocenters. The molecule has 0 aliphatic carbocycles. The molecule has 1 amide bonds. The van der Waals surface area contributed by atoms with Gasteiger partial charge in [0.2, 0.25) is 0 Å². The van der Waals surface area contributed by atoms with Crippen LogP contribution in [0.2, 0.25) is 0 Å². The fourth-order valence-corrected chi connectivity index (χ4v) is 3.84. The van der Waals surface area contributed by atoms with Crippen LogP contribution in [0.4, 0.5) is 11.6 Å². The molecule has 2 aromatic heterocycles. The van der Waals surface area contributed by atoms with E-state index >= 15 is 0 Å². The quantitative estimate of drug-likeness (QED) is 0.696. The summed E-state index contributed by atoms with van der Waals surface area (Å²) in [4.78, 5) is 15.2. The first-order valence-electron chi connectivity index (χ1n) is 10.4. The van der Waals surface area contributed by atoms with Gasteiger partial charge < -0.3 is 15.0 Å². The minimum atomic E-state index is -0.285. The van der Waals surface area contributed by atoms with Crippen LogP contribution in [0.3, 0.4) is 0 Å². The topological polar surface area (TPSA) is 85.2 Å². The van der Waals surface area contributed by atoms with Gasteiger partial charge in [0.1, 0.15) is 5.75 Å². The largest absolute Gasteiger partial charge is 0.493 e. The smallest absolute Gasteiger partial charge is 0.260 e. The van der Waals surface area contributed by atoms with Gasteiger partial charge in [-0.05, 0) is 43.4 Å². The minimum absolute atomic E-state index is 0.285. The Bertz CT molecular complexity index is 1050. The van der Waals surface area contributed by atoms with Crippen LogP contribution in [0, 0.1) is 11.8 Å². The molecule has 3 aromatic rings. The van der Waals surface area contributed by atoms with E-state index in [2.05, 4.69) is 39.4 Å². The first-order valence-corrected chi connectivity index (χ1v) is 10.4. The summed E-state index contributed by atoms with van der Waals surface area (Å²) in [6.45, 7) is 8.87. The zero-order valence-corrected chi connectivity index (χ0v) is 17.9. The molecule has 1 saturated heterocycles. The van der Waals surface area contributed by atoms with Crippen molar-refractivity contribution >= 4 is 28.4 Å². The zero-order chi connectivity index (χ0) is 21.3. The lowest BCUT2D eigenvalue weighted by Gasteiger charge is -2.35. The van der Waals surface area contributed by atoms with E-state index in [-0.39, 0.29) is 5.91 Å². The summed E-state index contributed by atoms with van der Waals surface area (Å²) in [5, 5.41) is 16.7. The summed E-state index contributed by atoms with van der Waals surface area (Å²) in [5.41, 5.74) is 1.23. The Kier molecular flexibility index (Phi) is 5.57. The highest BCUT2D eigenvalue weighted by molar-refractivity contribution is 6.08. The summed E-state index contributed by atoms with van der Waals surface area (Å²) in [6.07, 6.45) is 3.02. The fourth-order valence-electron chi connectivity index (χ4n) is 3.84. The minimum Gasteiger partial charge on any atom is -0.493 e. The molecule has 8 nitrogen and oxygen atoms in total. The average molecular weight is 409 g/mol. The number of aromatic nitrogens is 4. The maximum atomic E-state index is 12.9. The number of carbonyl (C=O) groups excluding carboxylic acids is 1. The van der Waals surface area contributed by atoms with E-state index < -0.39 is 0 Å². The number of rotatable bonds is 5. The van der Waals surface area contributed by atoms with Crippen LogP contribution in [0.1, 0.15) is 37.6 Å². The second-order valence-corrected chi connectivity index (χ2v) is 8.06. The van der Waals surface area contributed by atoms with Gasteiger partial charge in [-0.25, -0.2) is 0 Å². The molecule has 0 bridgehead atoms. The van der Waals surface area contributed by atoms with Crippen molar-refractivity contribution in [3.63, 3.8) is 0 Å². The Morgan fingerprint density at radius 3 is 2.77 bits per heavy atom. The number of aryl methyl sites for hydroxylation is 1. The second-order valence-electron chi connectivity index (χ2n) is 8.06. The molecule has 1 aromatic carbocycles. The molecule has 158 valence electrons. The summed E-state index contributed by atoms with van der Waals surface area (Å²) >= 11 is 0. The van der Waals surface area contributed by atoms with Crippen LogP contribution < -0.4 is 15.0 Å². The highest BCUT2D eigenvalue weighted by Gasteiger charge is 2.24. The maximum Gasteiger partial charge on any atom is 0.260 e. The molecule has 0 radical (unpaired) electrons.